The number of nitrogens with two attached hydrogens (primary N) is 1. The third-order valence-corrected chi connectivity index (χ3v) is 4.63. The van der Waals surface area contributed by atoms with Gasteiger partial charge < -0.3 is 15.6 Å². The predicted molar refractivity (Wildman–Crippen MR) is 106 cm³/mol. The van der Waals surface area contributed by atoms with E-state index in [0.717, 1.165) is 25.2 Å². The monoisotopic (exact) mass is 371 g/mol. The lowest BCUT2D eigenvalue weighted by atomic mass is 10.0. The molecule has 0 aliphatic rings. The summed E-state index contributed by atoms with van der Waals surface area (Å²) in [5.41, 5.74) is 5.27. The first kappa shape index (κ1) is 25.1. The highest BCUT2D eigenvalue weighted by atomic mass is 16.6. The maximum absolute atomic E-state index is 11.4. The summed E-state index contributed by atoms with van der Waals surface area (Å²) in [6, 6.07) is -1.13. The first-order chi connectivity index (χ1) is 12.5. The van der Waals surface area contributed by atoms with Crippen LogP contribution in [0.3, 0.4) is 0 Å². The zero-order chi connectivity index (χ0) is 19.6. The molecule has 0 saturated heterocycles. The van der Waals surface area contributed by atoms with Crippen molar-refractivity contribution in [2.24, 2.45) is 11.7 Å². The molecule has 154 valence electrons. The standard InChI is InChI=1S/C21H41NO4/c1-18(2)15-13-11-9-7-5-3-4-6-8-10-12-14-16-20(24)26-21(25)19(22)17-23/h18-19,23H,3-17,22H2,1-2H3/t19-/m0/s1. The van der Waals surface area contributed by atoms with Crippen LogP contribution in [0.2, 0.25) is 0 Å². The van der Waals surface area contributed by atoms with E-state index in [1.54, 1.807) is 0 Å². The van der Waals surface area contributed by atoms with Crippen molar-refractivity contribution in [3.8, 4) is 0 Å². The molecule has 0 amide bonds. The second-order valence-electron chi connectivity index (χ2n) is 7.76. The summed E-state index contributed by atoms with van der Waals surface area (Å²) in [7, 11) is 0. The number of aliphatic hydroxyl groups is 1. The Morgan fingerprint density at radius 1 is 0.808 bits per heavy atom. The van der Waals surface area contributed by atoms with Gasteiger partial charge >= 0.3 is 11.9 Å². The van der Waals surface area contributed by atoms with Crippen molar-refractivity contribution in [2.75, 3.05) is 6.61 Å². The van der Waals surface area contributed by atoms with E-state index in [4.69, 9.17) is 10.8 Å². The van der Waals surface area contributed by atoms with Gasteiger partial charge in [-0.2, -0.15) is 0 Å². The molecule has 0 spiro atoms. The van der Waals surface area contributed by atoms with Gasteiger partial charge in [0.15, 0.2) is 0 Å². The average Bonchev–Trinajstić information content (AvgIpc) is 2.60. The van der Waals surface area contributed by atoms with E-state index in [-0.39, 0.29) is 6.42 Å². The molecule has 5 heteroatoms. The summed E-state index contributed by atoms with van der Waals surface area (Å²) in [5.74, 6) is -0.558. The van der Waals surface area contributed by atoms with Crippen LogP contribution in [0.5, 0.6) is 0 Å². The molecule has 0 fully saturated rings. The van der Waals surface area contributed by atoms with Crippen LogP contribution in [0.1, 0.15) is 104 Å². The lowest BCUT2D eigenvalue weighted by Gasteiger charge is -2.07. The average molecular weight is 372 g/mol. The van der Waals surface area contributed by atoms with Gasteiger partial charge in [-0.05, 0) is 12.3 Å². The Morgan fingerprint density at radius 2 is 1.23 bits per heavy atom. The number of hydrogen-bond acceptors (Lipinski definition) is 5. The highest BCUT2D eigenvalue weighted by Crippen LogP contribution is 2.14. The van der Waals surface area contributed by atoms with Gasteiger partial charge in [0.2, 0.25) is 0 Å². The van der Waals surface area contributed by atoms with Crippen molar-refractivity contribution in [1.82, 2.24) is 0 Å². The van der Waals surface area contributed by atoms with E-state index < -0.39 is 24.6 Å². The molecule has 1 atom stereocenters. The molecule has 5 nitrogen and oxygen atoms in total. The Hall–Kier alpha value is -0.940. The zero-order valence-corrected chi connectivity index (χ0v) is 17.0. The Bertz CT molecular complexity index is 358. The van der Waals surface area contributed by atoms with Gasteiger partial charge in [-0.15, -0.1) is 0 Å². The molecule has 0 aromatic carbocycles. The number of unbranched alkanes of at least 4 members (excludes halogenated alkanes) is 11. The summed E-state index contributed by atoms with van der Waals surface area (Å²) in [6.45, 7) is 4.08. The van der Waals surface area contributed by atoms with E-state index in [0.29, 0.717) is 0 Å². The van der Waals surface area contributed by atoms with Crippen molar-refractivity contribution in [2.45, 2.75) is 110 Å². The number of esters is 2. The highest BCUT2D eigenvalue weighted by Gasteiger charge is 2.17. The summed E-state index contributed by atoms with van der Waals surface area (Å²) in [6.07, 6.45) is 16.4. The smallest absolute Gasteiger partial charge is 0.332 e. The van der Waals surface area contributed by atoms with Crippen molar-refractivity contribution >= 4 is 11.9 Å². The summed E-state index contributed by atoms with van der Waals surface area (Å²) in [5, 5.41) is 8.70. The third-order valence-electron chi connectivity index (χ3n) is 4.63. The predicted octanol–water partition coefficient (Wildman–Crippen LogP) is 4.49. The van der Waals surface area contributed by atoms with Crippen LogP contribution in [0.25, 0.3) is 0 Å². The van der Waals surface area contributed by atoms with Crippen LogP contribution in [0.4, 0.5) is 0 Å². The third kappa shape index (κ3) is 16.5. The first-order valence-corrected chi connectivity index (χ1v) is 10.6. The van der Waals surface area contributed by atoms with E-state index in [1.807, 2.05) is 0 Å². The summed E-state index contributed by atoms with van der Waals surface area (Å²) in [4.78, 5) is 22.6. The molecule has 3 N–H and O–H groups in total. The van der Waals surface area contributed by atoms with E-state index in [9.17, 15) is 9.59 Å². The second kappa shape index (κ2) is 17.5. The minimum absolute atomic E-state index is 0.237. The topological polar surface area (TPSA) is 89.6 Å². The van der Waals surface area contributed by atoms with Gasteiger partial charge in [-0.1, -0.05) is 90.9 Å². The molecular weight excluding hydrogens is 330 g/mol. The van der Waals surface area contributed by atoms with Crippen LogP contribution < -0.4 is 5.73 Å². The molecule has 26 heavy (non-hydrogen) atoms. The lowest BCUT2D eigenvalue weighted by Crippen LogP contribution is -2.36. The fourth-order valence-corrected chi connectivity index (χ4v) is 2.90. The van der Waals surface area contributed by atoms with E-state index in [1.165, 1.54) is 64.2 Å². The fourth-order valence-electron chi connectivity index (χ4n) is 2.90. The second-order valence-corrected chi connectivity index (χ2v) is 7.76. The van der Waals surface area contributed by atoms with Crippen molar-refractivity contribution in [3.05, 3.63) is 0 Å². The molecule has 0 aromatic heterocycles. The minimum Gasteiger partial charge on any atom is -0.394 e. The quantitative estimate of drug-likeness (QED) is 0.223. The minimum atomic E-state index is -1.13. The van der Waals surface area contributed by atoms with Crippen molar-refractivity contribution in [1.29, 1.82) is 0 Å². The summed E-state index contributed by atoms with van der Waals surface area (Å²) < 4.78 is 4.56. The number of rotatable bonds is 17. The Labute approximate surface area is 160 Å². The van der Waals surface area contributed by atoms with Crippen LogP contribution in [-0.2, 0) is 14.3 Å². The molecule has 0 unspecified atom stereocenters. The molecule has 0 saturated carbocycles. The van der Waals surface area contributed by atoms with Gasteiger partial charge in [0.1, 0.15) is 6.04 Å². The zero-order valence-electron chi connectivity index (χ0n) is 17.0. The van der Waals surface area contributed by atoms with Crippen LogP contribution >= 0.6 is 0 Å². The molecule has 0 rings (SSSR count). The largest absolute Gasteiger partial charge is 0.394 e. The first-order valence-electron chi connectivity index (χ1n) is 10.6. The SMILES string of the molecule is CC(C)CCCCCCCCCCCCCCC(=O)OC(=O)[C@@H](N)CO. The number of carbonyl (C=O) groups is 2. The number of hydrogen-bond donors (Lipinski definition) is 2. The van der Waals surface area contributed by atoms with Crippen molar-refractivity contribution in [3.63, 3.8) is 0 Å². The fraction of sp³-hybridized carbons (Fsp3) is 0.905. The molecule has 0 heterocycles. The lowest BCUT2D eigenvalue weighted by molar-refractivity contribution is -0.161. The number of aliphatic hydroxyl groups excluding tert-OH is 1. The van der Waals surface area contributed by atoms with Gasteiger partial charge in [-0.3, -0.25) is 4.79 Å². The summed E-state index contributed by atoms with van der Waals surface area (Å²) >= 11 is 0. The molecular formula is C21H41NO4. The molecule has 0 aromatic rings. The Morgan fingerprint density at radius 3 is 1.65 bits per heavy atom. The van der Waals surface area contributed by atoms with Gasteiger partial charge in [-0.25, -0.2) is 4.79 Å². The maximum atomic E-state index is 11.4. The van der Waals surface area contributed by atoms with Gasteiger partial charge in [0.05, 0.1) is 6.61 Å². The highest BCUT2D eigenvalue weighted by molar-refractivity contribution is 5.88. The molecule has 0 bridgehead atoms. The number of ether oxygens (including phenoxy) is 1. The Balaban J connectivity index is 3.26. The van der Waals surface area contributed by atoms with Crippen LogP contribution in [0, 0.1) is 5.92 Å². The van der Waals surface area contributed by atoms with Gasteiger partial charge in [0, 0.05) is 6.42 Å². The van der Waals surface area contributed by atoms with Crippen LogP contribution in [-0.4, -0.2) is 29.7 Å². The van der Waals surface area contributed by atoms with Crippen LogP contribution in [0.15, 0.2) is 0 Å². The maximum Gasteiger partial charge on any atom is 0.332 e. The Kier molecular flexibility index (Phi) is 16.8. The van der Waals surface area contributed by atoms with Crippen molar-refractivity contribution < 1.29 is 19.4 Å². The number of carbonyl (C=O) groups excluding carboxylic acids is 2. The normalized spacial score (nSPS) is 12.3. The molecule has 0 aliphatic heterocycles. The van der Waals surface area contributed by atoms with E-state index >= 15 is 0 Å². The van der Waals surface area contributed by atoms with Gasteiger partial charge in [0.25, 0.3) is 0 Å². The molecule has 0 radical (unpaired) electrons. The van der Waals surface area contributed by atoms with E-state index in [2.05, 4.69) is 18.6 Å². The molecule has 0 aliphatic carbocycles.